The molecule has 1 atom stereocenters. The highest BCUT2D eigenvalue weighted by Gasteiger charge is 2.25. The lowest BCUT2D eigenvalue weighted by Gasteiger charge is -2.12. The molecule has 2 aromatic rings. The molecule has 0 fully saturated rings. The summed E-state index contributed by atoms with van der Waals surface area (Å²) in [7, 11) is 0. The molecule has 2 aromatic heterocycles. The molecule has 5 heteroatoms. The van der Waals surface area contributed by atoms with Crippen LogP contribution in [0, 0.1) is 0 Å². The lowest BCUT2D eigenvalue weighted by Crippen LogP contribution is -2.06. The van der Waals surface area contributed by atoms with E-state index in [1.54, 1.807) is 23.0 Å². The summed E-state index contributed by atoms with van der Waals surface area (Å²) in [6, 6.07) is 1.75. The van der Waals surface area contributed by atoms with Crippen LogP contribution in [0.25, 0.3) is 5.65 Å². The Labute approximate surface area is 112 Å². The monoisotopic (exact) mass is 261 g/mol. The van der Waals surface area contributed by atoms with Gasteiger partial charge in [-0.3, -0.25) is 0 Å². The molecular formula is C14H19N3O2. The summed E-state index contributed by atoms with van der Waals surface area (Å²) >= 11 is 0. The highest BCUT2D eigenvalue weighted by atomic mass is 16.4. The van der Waals surface area contributed by atoms with Gasteiger partial charge in [-0.2, -0.15) is 5.10 Å². The van der Waals surface area contributed by atoms with Gasteiger partial charge in [0, 0.05) is 18.3 Å². The maximum atomic E-state index is 11.5. The molecule has 0 radical (unpaired) electrons. The molecular weight excluding hydrogens is 242 g/mol. The minimum Gasteiger partial charge on any atom is -0.477 e. The normalized spacial score (nSPS) is 12.7. The van der Waals surface area contributed by atoms with E-state index in [2.05, 4.69) is 23.9 Å². The van der Waals surface area contributed by atoms with Crippen molar-refractivity contribution in [1.82, 2.24) is 14.6 Å². The Morgan fingerprint density at radius 2 is 2.26 bits per heavy atom. The number of aromatic nitrogens is 3. The maximum Gasteiger partial charge on any atom is 0.341 e. The predicted molar refractivity (Wildman–Crippen MR) is 72.5 cm³/mol. The molecule has 1 unspecified atom stereocenters. The first-order valence-electron chi connectivity index (χ1n) is 6.75. The summed E-state index contributed by atoms with van der Waals surface area (Å²) in [5.41, 5.74) is 1.35. The van der Waals surface area contributed by atoms with Crippen LogP contribution < -0.4 is 0 Å². The Morgan fingerprint density at radius 3 is 2.89 bits per heavy atom. The van der Waals surface area contributed by atoms with E-state index in [1.165, 1.54) is 0 Å². The van der Waals surface area contributed by atoms with Gasteiger partial charge in [0.2, 0.25) is 0 Å². The SMILES string of the molecule is CCCCC(CC)c1nn2cccnc2c1C(=O)O. The van der Waals surface area contributed by atoms with Gasteiger partial charge in [0.15, 0.2) is 5.65 Å². The molecule has 2 heterocycles. The fourth-order valence-corrected chi connectivity index (χ4v) is 2.38. The Balaban J connectivity index is 2.51. The molecule has 19 heavy (non-hydrogen) atoms. The van der Waals surface area contributed by atoms with E-state index < -0.39 is 5.97 Å². The van der Waals surface area contributed by atoms with Crippen LogP contribution in [0.3, 0.4) is 0 Å². The van der Waals surface area contributed by atoms with Gasteiger partial charge in [-0.1, -0.05) is 26.7 Å². The van der Waals surface area contributed by atoms with E-state index in [0.717, 1.165) is 25.7 Å². The molecule has 0 saturated carbocycles. The van der Waals surface area contributed by atoms with Crippen molar-refractivity contribution in [2.45, 2.75) is 45.4 Å². The Bertz CT molecular complexity index is 577. The van der Waals surface area contributed by atoms with Gasteiger partial charge in [-0.15, -0.1) is 0 Å². The Hall–Kier alpha value is -1.91. The standard InChI is InChI=1S/C14H19N3O2/c1-3-5-7-10(4-2)12-11(14(18)19)13-15-8-6-9-17(13)16-12/h6,8-10H,3-5,7H2,1-2H3,(H,18,19). The summed E-state index contributed by atoms with van der Waals surface area (Å²) in [5.74, 6) is -0.758. The molecule has 0 aliphatic rings. The second-order valence-corrected chi connectivity index (χ2v) is 4.70. The molecule has 0 aliphatic heterocycles. The molecule has 1 N–H and O–H groups in total. The minimum absolute atomic E-state index is 0.188. The minimum atomic E-state index is -0.946. The van der Waals surface area contributed by atoms with Crippen LogP contribution in [0.15, 0.2) is 18.5 Å². The fourth-order valence-electron chi connectivity index (χ4n) is 2.38. The van der Waals surface area contributed by atoms with Crippen molar-refractivity contribution in [3.63, 3.8) is 0 Å². The molecule has 102 valence electrons. The summed E-state index contributed by atoms with van der Waals surface area (Å²) in [6.45, 7) is 4.21. The molecule has 0 amide bonds. The van der Waals surface area contributed by atoms with Crippen LogP contribution >= 0.6 is 0 Å². The summed E-state index contributed by atoms with van der Waals surface area (Å²) in [6.07, 6.45) is 7.38. The van der Waals surface area contributed by atoms with Gasteiger partial charge in [0.25, 0.3) is 0 Å². The van der Waals surface area contributed by atoms with Gasteiger partial charge in [0.05, 0.1) is 5.69 Å². The summed E-state index contributed by atoms with van der Waals surface area (Å²) in [5, 5.41) is 13.9. The van der Waals surface area contributed by atoms with E-state index in [1.807, 2.05) is 0 Å². The second kappa shape index (κ2) is 5.82. The lowest BCUT2D eigenvalue weighted by atomic mass is 9.93. The van der Waals surface area contributed by atoms with Crippen LogP contribution in [-0.2, 0) is 0 Å². The van der Waals surface area contributed by atoms with Gasteiger partial charge in [-0.25, -0.2) is 14.3 Å². The van der Waals surface area contributed by atoms with Gasteiger partial charge >= 0.3 is 5.97 Å². The van der Waals surface area contributed by atoms with Crippen molar-refractivity contribution in [1.29, 1.82) is 0 Å². The Kier molecular flexibility index (Phi) is 4.14. The van der Waals surface area contributed by atoms with E-state index in [9.17, 15) is 9.90 Å². The van der Waals surface area contributed by atoms with Crippen molar-refractivity contribution >= 4 is 11.6 Å². The maximum absolute atomic E-state index is 11.5. The molecule has 0 aliphatic carbocycles. The number of hydrogen-bond acceptors (Lipinski definition) is 3. The topological polar surface area (TPSA) is 67.5 Å². The number of fused-ring (bicyclic) bond motifs is 1. The van der Waals surface area contributed by atoms with Crippen LogP contribution in [0.4, 0.5) is 0 Å². The summed E-state index contributed by atoms with van der Waals surface area (Å²) in [4.78, 5) is 15.6. The molecule has 0 spiro atoms. The zero-order valence-corrected chi connectivity index (χ0v) is 11.3. The first-order valence-corrected chi connectivity index (χ1v) is 6.75. The van der Waals surface area contributed by atoms with Crippen LogP contribution in [0.5, 0.6) is 0 Å². The first kappa shape index (κ1) is 13.5. The number of nitrogens with zero attached hydrogens (tertiary/aromatic N) is 3. The quantitative estimate of drug-likeness (QED) is 0.867. The highest BCUT2D eigenvalue weighted by Crippen LogP contribution is 2.29. The largest absolute Gasteiger partial charge is 0.477 e. The number of carboxylic acid groups (broad SMARTS) is 1. The number of carboxylic acids is 1. The van der Waals surface area contributed by atoms with Crippen molar-refractivity contribution in [2.75, 3.05) is 0 Å². The van der Waals surface area contributed by atoms with Crippen LogP contribution in [0.2, 0.25) is 0 Å². The van der Waals surface area contributed by atoms with Crippen LogP contribution in [0.1, 0.15) is 61.5 Å². The van der Waals surface area contributed by atoms with E-state index in [4.69, 9.17) is 0 Å². The average Bonchev–Trinajstić information content (AvgIpc) is 2.79. The van der Waals surface area contributed by atoms with Crippen molar-refractivity contribution < 1.29 is 9.90 Å². The van der Waals surface area contributed by atoms with Crippen molar-refractivity contribution in [3.8, 4) is 0 Å². The third-order valence-corrected chi connectivity index (χ3v) is 3.42. The zero-order valence-electron chi connectivity index (χ0n) is 11.3. The Morgan fingerprint density at radius 1 is 1.47 bits per heavy atom. The van der Waals surface area contributed by atoms with E-state index >= 15 is 0 Å². The second-order valence-electron chi connectivity index (χ2n) is 4.70. The number of rotatable bonds is 6. The average molecular weight is 261 g/mol. The highest BCUT2D eigenvalue weighted by molar-refractivity contribution is 5.95. The first-order chi connectivity index (χ1) is 9.19. The lowest BCUT2D eigenvalue weighted by molar-refractivity contribution is 0.0697. The predicted octanol–water partition coefficient (Wildman–Crippen LogP) is 3.11. The third kappa shape index (κ3) is 2.59. The van der Waals surface area contributed by atoms with Gasteiger partial charge in [-0.05, 0) is 18.9 Å². The number of carbonyl (C=O) groups is 1. The summed E-state index contributed by atoms with van der Waals surface area (Å²) < 4.78 is 1.56. The van der Waals surface area contributed by atoms with Crippen molar-refractivity contribution in [3.05, 3.63) is 29.7 Å². The molecule has 5 nitrogen and oxygen atoms in total. The van der Waals surface area contributed by atoms with Crippen molar-refractivity contribution in [2.24, 2.45) is 0 Å². The molecule has 2 rings (SSSR count). The molecule has 0 aromatic carbocycles. The third-order valence-electron chi connectivity index (χ3n) is 3.42. The van der Waals surface area contributed by atoms with Gasteiger partial charge in [0.1, 0.15) is 5.56 Å². The van der Waals surface area contributed by atoms with E-state index in [0.29, 0.717) is 11.3 Å². The fraction of sp³-hybridized carbons (Fsp3) is 0.500. The number of hydrogen-bond donors (Lipinski definition) is 1. The van der Waals surface area contributed by atoms with Gasteiger partial charge < -0.3 is 5.11 Å². The number of unbranched alkanes of at least 4 members (excludes halogenated alkanes) is 1. The molecule has 0 saturated heterocycles. The zero-order chi connectivity index (χ0) is 13.8. The van der Waals surface area contributed by atoms with Crippen LogP contribution in [-0.4, -0.2) is 25.7 Å². The molecule has 0 bridgehead atoms. The smallest absolute Gasteiger partial charge is 0.341 e. The van der Waals surface area contributed by atoms with E-state index in [-0.39, 0.29) is 11.5 Å². The number of aromatic carboxylic acids is 1.